The number of quaternary nitrogens is 1. The lowest BCUT2D eigenvalue weighted by atomic mass is 10.1. The van der Waals surface area contributed by atoms with E-state index in [-0.39, 0.29) is 26.1 Å². The molecular formula is C41H78NO8P. The number of likely N-dealkylation sites (N-methyl/N-ethyl adjacent to an activating group) is 1. The van der Waals surface area contributed by atoms with Crippen molar-refractivity contribution in [3.63, 3.8) is 0 Å². The zero-order valence-electron chi connectivity index (χ0n) is 33.6. The molecule has 0 heterocycles. The van der Waals surface area contributed by atoms with E-state index in [1.165, 1.54) is 64.2 Å². The van der Waals surface area contributed by atoms with E-state index >= 15 is 0 Å². The summed E-state index contributed by atoms with van der Waals surface area (Å²) in [5.74, 6) is -0.854. The summed E-state index contributed by atoms with van der Waals surface area (Å²) in [5, 5.41) is 0. The van der Waals surface area contributed by atoms with Crippen LogP contribution >= 0.6 is 7.82 Å². The number of unbranched alkanes of at least 4 members (excludes halogenated alkanes) is 19. The molecule has 0 aliphatic carbocycles. The molecule has 0 rings (SSSR count). The lowest BCUT2D eigenvalue weighted by Crippen LogP contribution is -2.37. The monoisotopic (exact) mass is 744 g/mol. The molecular weight excluding hydrogens is 665 g/mol. The average molecular weight is 744 g/mol. The van der Waals surface area contributed by atoms with Crippen molar-refractivity contribution in [2.45, 2.75) is 180 Å². The van der Waals surface area contributed by atoms with Crippen LogP contribution in [0.3, 0.4) is 0 Å². The average Bonchev–Trinajstić information content (AvgIpc) is 3.07. The van der Waals surface area contributed by atoms with E-state index in [9.17, 15) is 19.0 Å². The lowest BCUT2D eigenvalue weighted by Gasteiger charge is -2.28. The second-order valence-electron chi connectivity index (χ2n) is 15.0. The Kier molecular flexibility index (Phi) is 33.3. The number of ether oxygens (including phenoxy) is 2. The summed E-state index contributed by atoms with van der Waals surface area (Å²) in [4.78, 5) is 37.4. The summed E-state index contributed by atoms with van der Waals surface area (Å²) in [6.45, 7) is 4.17. The summed E-state index contributed by atoms with van der Waals surface area (Å²) in [6, 6.07) is 0. The predicted molar refractivity (Wildman–Crippen MR) is 208 cm³/mol. The third-order valence-corrected chi connectivity index (χ3v) is 9.66. The van der Waals surface area contributed by atoms with E-state index in [1.807, 2.05) is 21.1 Å². The van der Waals surface area contributed by atoms with Crippen LogP contribution in [0.15, 0.2) is 24.3 Å². The molecule has 0 aromatic rings. The number of rotatable bonds is 37. The van der Waals surface area contributed by atoms with Crippen molar-refractivity contribution in [3.05, 3.63) is 24.3 Å². The van der Waals surface area contributed by atoms with Gasteiger partial charge in [0, 0.05) is 12.8 Å². The maximum Gasteiger partial charge on any atom is 0.306 e. The van der Waals surface area contributed by atoms with Gasteiger partial charge in [-0.1, -0.05) is 122 Å². The fourth-order valence-corrected chi connectivity index (χ4v) is 6.14. The molecule has 0 aromatic carbocycles. The van der Waals surface area contributed by atoms with E-state index in [4.69, 9.17) is 18.5 Å². The number of phosphoric ester groups is 1. The van der Waals surface area contributed by atoms with Gasteiger partial charge in [-0.05, 0) is 64.2 Å². The first-order valence-electron chi connectivity index (χ1n) is 20.5. The zero-order chi connectivity index (χ0) is 37.9. The summed E-state index contributed by atoms with van der Waals surface area (Å²) in [5.41, 5.74) is 0. The van der Waals surface area contributed by atoms with E-state index in [0.717, 1.165) is 77.0 Å². The number of nitrogens with zero attached hydrogens (tertiary/aromatic N) is 1. The SMILES string of the molecule is CCCCC/C=C\CCCCCCCC(=O)O[C@H](COC(=O)CCCCCCC/C=C\CCCCCCCC)COP(=O)([O-])OCC[N+](C)(C)C. The third-order valence-electron chi connectivity index (χ3n) is 8.69. The Morgan fingerprint density at radius 3 is 1.49 bits per heavy atom. The first-order valence-corrected chi connectivity index (χ1v) is 22.0. The third kappa shape index (κ3) is 38.0. The molecule has 0 saturated carbocycles. The summed E-state index contributed by atoms with van der Waals surface area (Å²) >= 11 is 0. The first kappa shape index (κ1) is 49.5. The van der Waals surface area contributed by atoms with Crippen LogP contribution in [0.4, 0.5) is 0 Å². The molecule has 0 fully saturated rings. The van der Waals surface area contributed by atoms with Crippen LogP contribution < -0.4 is 4.89 Å². The van der Waals surface area contributed by atoms with E-state index in [1.54, 1.807) is 0 Å². The van der Waals surface area contributed by atoms with Gasteiger partial charge in [-0.3, -0.25) is 14.2 Å². The minimum atomic E-state index is -4.62. The molecule has 2 atom stereocenters. The number of phosphoric acid groups is 1. The Hall–Kier alpha value is -1.51. The molecule has 9 nitrogen and oxygen atoms in total. The van der Waals surface area contributed by atoms with Gasteiger partial charge in [0.15, 0.2) is 6.10 Å². The normalized spacial score (nSPS) is 13.9. The number of allylic oxidation sites excluding steroid dienone is 4. The molecule has 0 saturated heterocycles. The second kappa shape index (κ2) is 34.3. The van der Waals surface area contributed by atoms with Crippen LogP contribution in [-0.2, 0) is 32.7 Å². The van der Waals surface area contributed by atoms with Gasteiger partial charge in [-0.25, -0.2) is 0 Å². The number of carbonyl (C=O) groups is 2. The molecule has 0 bridgehead atoms. The second-order valence-corrected chi connectivity index (χ2v) is 16.4. The van der Waals surface area contributed by atoms with Gasteiger partial charge in [0.05, 0.1) is 27.7 Å². The first-order chi connectivity index (χ1) is 24.5. The van der Waals surface area contributed by atoms with Gasteiger partial charge in [-0.15, -0.1) is 0 Å². The van der Waals surface area contributed by atoms with Gasteiger partial charge in [-0.2, -0.15) is 0 Å². The van der Waals surface area contributed by atoms with E-state index in [0.29, 0.717) is 17.4 Å². The highest BCUT2D eigenvalue weighted by molar-refractivity contribution is 7.45. The number of hydrogen-bond acceptors (Lipinski definition) is 8. The van der Waals surface area contributed by atoms with Crippen LogP contribution in [0.2, 0.25) is 0 Å². The summed E-state index contributed by atoms with van der Waals surface area (Å²) in [7, 11) is 1.16. The van der Waals surface area contributed by atoms with Crippen molar-refractivity contribution >= 4 is 19.8 Å². The fourth-order valence-electron chi connectivity index (χ4n) is 5.41. The summed E-state index contributed by atoms with van der Waals surface area (Å²) < 4.78 is 33.8. The standard InChI is InChI=1S/C41H78NO8P/c1-6-8-10-12-14-16-18-20-21-22-24-25-27-29-31-33-40(43)47-37-39(38-49-51(45,46)48-36-35-42(3,4)5)50-41(44)34-32-30-28-26-23-19-17-15-13-11-9-7-2/h15,17,20-21,39H,6-14,16,18-19,22-38H2,1-5H3/b17-15-,21-20-/t39-/m1/s1. The highest BCUT2D eigenvalue weighted by atomic mass is 31.2. The van der Waals surface area contributed by atoms with Gasteiger partial charge < -0.3 is 27.9 Å². The van der Waals surface area contributed by atoms with Gasteiger partial charge in [0.1, 0.15) is 19.8 Å². The minimum absolute atomic E-state index is 0.0328. The molecule has 0 radical (unpaired) electrons. The number of esters is 2. The van der Waals surface area contributed by atoms with Crippen LogP contribution in [-0.4, -0.2) is 70.0 Å². The van der Waals surface area contributed by atoms with Crippen LogP contribution in [0.25, 0.3) is 0 Å². The van der Waals surface area contributed by atoms with Crippen molar-refractivity contribution in [3.8, 4) is 0 Å². The Balaban J connectivity index is 4.41. The summed E-state index contributed by atoms with van der Waals surface area (Å²) in [6.07, 6.45) is 34.8. The van der Waals surface area contributed by atoms with E-state index in [2.05, 4.69) is 38.2 Å². The fraction of sp³-hybridized carbons (Fsp3) is 0.854. The van der Waals surface area contributed by atoms with Crippen molar-refractivity contribution in [2.24, 2.45) is 0 Å². The molecule has 10 heteroatoms. The Bertz CT molecular complexity index is 933. The largest absolute Gasteiger partial charge is 0.756 e. The molecule has 300 valence electrons. The Morgan fingerprint density at radius 1 is 0.588 bits per heavy atom. The molecule has 0 aliphatic rings. The van der Waals surface area contributed by atoms with Crippen molar-refractivity contribution < 1.29 is 42.1 Å². The molecule has 1 unspecified atom stereocenters. The van der Waals surface area contributed by atoms with Gasteiger partial charge >= 0.3 is 11.9 Å². The molecule has 0 spiro atoms. The molecule has 0 aliphatic heterocycles. The van der Waals surface area contributed by atoms with Crippen LogP contribution in [0.5, 0.6) is 0 Å². The highest BCUT2D eigenvalue weighted by Crippen LogP contribution is 2.38. The lowest BCUT2D eigenvalue weighted by molar-refractivity contribution is -0.870. The Labute approximate surface area is 313 Å². The maximum absolute atomic E-state index is 12.6. The van der Waals surface area contributed by atoms with Crippen molar-refractivity contribution in [2.75, 3.05) is 47.5 Å². The molecule has 0 amide bonds. The maximum atomic E-state index is 12.6. The highest BCUT2D eigenvalue weighted by Gasteiger charge is 2.21. The van der Waals surface area contributed by atoms with Gasteiger partial charge in [0.25, 0.3) is 7.82 Å². The number of hydrogen-bond donors (Lipinski definition) is 0. The number of carbonyl (C=O) groups excluding carboxylic acids is 2. The topological polar surface area (TPSA) is 111 Å². The predicted octanol–water partition coefficient (Wildman–Crippen LogP) is 10.6. The molecule has 0 N–H and O–H groups in total. The molecule has 0 aromatic heterocycles. The quantitative estimate of drug-likeness (QED) is 0.0203. The van der Waals surface area contributed by atoms with Crippen LogP contribution in [0, 0.1) is 0 Å². The van der Waals surface area contributed by atoms with Crippen molar-refractivity contribution in [1.29, 1.82) is 0 Å². The van der Waals surface area contributed by atoms with E-state index < -0.39 is 32.5 Å². The van der Waals surface area contributed by atoms with Crippen molar-refractivity contribution in [1.82, 2.24) is 0 Å². The zero-order valence-corrected chi connectivity index (χ0v) is 34.4. The minimum Gasteiger partial charge on any atom is -0.756 e. The Morgan fingerprint density at radius 2 is 1.00 bits per heavy atom. The van der Waals surface area contributed by atoms with Crippen LogP contribution in [0.1, 0.15) is 174 Å². The van der Waals surface area contributed by atoms with Gasteiger partial charge in [0.2, 0.25) is 0 Å². The smallest absolute Gasteiger partial charge is 0.306 e. The molecule has 51 heavy (non-hydrogen) atoms.